The quantitative estimate of drug-likeness (QED) is 0.150. The maximum atomic E-state index is 15.2. The largest absolute Gasteiger partial charge is 0.492 e. The van der Waals surface area contributed by atoms with Gasteiger partial charge in [-0.05, 0) is 67.8 Å². The van der Waals surface area contributed by atoms with Crippen LogP contribution in [0.4, 0.5) is 10.1 Å². The lowest BCUT2D eigenvalue weighted by Crippen LogP contribution is -2.55. The van der Waals surface area contributed by atoms with Crippen molar-refractivity contribution in [1.29, 1.82) is 0 Å². The van der Waals surface area contributed by atoms with Gasteiger partial charge >= 0.3 is 0 Å². The van der Waals surface area contributed by atoms with Gasteiger partial charge in [0, 0.05) is 29.6 Å². The lowest BCUT2D eigenvalue weighted by molar-refractivity contribution is -0.140. The third kappa shape index (κ3) is 9.19. The number of hydrogen-bond donors (Lipinski definition) is 1. The predicted octanol–water partition coefficient (Wildman–Crippen LogP) is 7.16. The molecule has 1 aliphatic rings. The van der Waals surface area contributed by atoms with Gasteiger partial charge in [-0.15, -0.1) is 0 Å². The van der Waals surface area contributed by atoms with E-state index in [2.05, 4.69) is 5.32 Å². The van der Waals surface area contributed by atoms with Gasteiger partial charge in [0.25, 0.3) is 10.0 Å². The smallest absolute Gasteiger partial charge is 0.264 e. The molecule has 258 valence electrons. The highest BCUT2D eigenvalue weighted by atomic mass is 35.5. The summed E-state index contributed by atoms with van der Waals surface area (Å²) >= 11 is 6.08. The highest BCUT2D eigenvalue weighted by molar-refractivity contribution is 7.92. The monoisotopic (exact) mass is 705 g/mol. The normalized spacial score (nSPS) is 14.1. The van der Waals surface area contributed by atoms with Gasteiger partial charge in [0.1, 0.15) is 24.2 Å². The van der Waals surface area contributed by atoms with Crippen LogP contribution in [0.15, 0.2) is 108 Å². The van der Waals surface area contributed by atoms with E-state index in [9.17, 15) is 18.0 Å². The number of anilines is 1. The summed E-state index contributed by atoms with van der Waals surface area (Å²) in [6, 6.07) is 26.4. The van der Waals surface area contributed by atoms with Crippen molar-refractivity contribution in [1.82, 2.24) is 10.2 Å². The molecule has 0 bridgehead atoms. The van der Waals surface area contributed by atoms with E-state index < -0.39 is 34.3 Å². The summed E-state index contributed by atoms with van der Waals surface area (Å²) in [4.78, 5) is 30.2. The SMILES string of the molecule is CCOc1ccccc1N(CC(=O)N(Cc1ccccc1F)[C@@H](Cc1ccccc1)C(=O)NC1CCCCC1)S(=O)(=O)c1ccc(Cl)cc1. The van der Waals surface area contributed by atoms with Gasteiger partial charge in [0.2, 0.25) is 11.8 Å². The van der Waals surface area contributed by atoms with Gasteiger partial charge in [-0.2, -0.15) is 0 Å². The lowest BCUT2D eigenvalue weighted by atomic mass is 9.94. The Labute approximate surface area is 292 Å². The minimum atomic E-state index is -4.38. The lowest BCUT2D eigenvalue weighted by Gasteiger charge is -2.35. The Morgan fingerprint density at radius 2 is 1.55 bits per heavy atom. The summed E-state index contributed by atoms with van der Waals surface area (Å²) in [6.07, 6.45) is 4.86. The molecule has 0 aliphatic heterocycles. The molecule has 4 aromatic carbocycles. The van der Waals surface area contributed by atoms with Gasteiger partial charge in [0.15, 0.2) is 0 Å². The number of nitrogens with zero attached hydrogens (tertiary/aromatic N) is 2. The van der Waals surface area contributed by atoms with Crippen molar-refractivity contribution in [2.45, 2.75) is 69.0 Å². The van der Waals surface area contributed by atoms with Crippen LogP contribution in [0.2, 0.25) is 5.02 Å². The van der Waals surface area contributed by atoms with E-state index >= 15 is 4.39 Å². The molecule has 0 aromatic heterocycles. The van der Waals surface area contributed by atoms with Crippen molar-refractivity contribution >= 4 is 39.1 Å². The predicted molar refractivity (Wildman–Crippen MR) is 189 cm³/mol. The molecule has 1 saturated carbocycles. The topological polar surface area (TPSA) is 96.0 Å². The molecule has 4 aromatic rings. The van der Waals surface area contributed by atoms with E-state index in [1.165, 1.54) is 35.2 Å². The average molecular weight is 706 g/mol. The molecule has 8 nitrogen and oxygen atoms in total. The molecule has 1 aliphatic carbocycles. The number of halogens is 2. The van der Waals surface area contributed by atoms with Crippen LogP contribution in [-0.4, -0.2) is 50.4 Å². The molecular weight excluding hydrogens is 665 g/mol. The number of amides is 2. The standard InChI is InChI=1S/C38H41ClFN3O5S/c1-2-48-36-20-12-11-19-34(36)43(49(46,47)32-23-21-30(39)22-24-32)27-37(44)42(26-29-15-9-10-18-33(29)40)35(25-28-13-5-3-6-14-28)38(45)41-31-16-7-4-8-17-31/h3,5-6,9-15,18-24,31,35H,2,4,7-8,16-17,25-27H2,1H3,(H,41,45)/t35-/m0/s1. The Morgan fingerprint density at radius 3 is 2.24 bits per heavy atom. The van der Waals surface area contributed by atoms with Crippen molar-refractivity contribution in [3.63, 3.8) is 0 Å². The van der Waals surface area contributed by atoms with Crippen LogP contribution in [0.5, 0.6) is 5.75 Å². The van der Waals surface area contributed by atoms with Crippen molar-refractivity contribution in [3.05, 3.63) is 125 Å². The average Bonchev–Trinajstić information content (AvgIpc) is 3.11. The van der Waals surface area contributed by atoms with E-state index in [4.69, 9.17) is 16.3 Å². The molecule has 1 N–H and O–H groups in total. The molecule has 1 atom stereocenters. The minimum Gasteiger partial charge on any atom is -0.492 e. The first-order valence-corrected chi connectivity index (χ1v) is 18.4. The zero-order valence-corrected chi connectivity index (χ0v) is 29.0. The minimum absolute atomic E-state index is 0.0511. The molecule has 0 heterocycles. The number of ether oxygens (including phenoxy) is 1. The second-order valence-corrected chi connectivity index (χ2v) is 14.3. The molecule has 0 unspecified atom stereocenters. The zero-order valence-electron chi connectivity index (χ0n) is 27.4. The van der Waals surface area contributed by atoms with Crippen molar-refractivity contribution < 1.29 is 27.1 Å². The first-order valence-electron chi connectivity index (χ1n) is 16.5. The fourth-order valence-electron chi connectivity index (χ4n) is 6.10. The first kappa shape index (κ1) is 35.9. The Kier molecular flexibility index (Phi) is 12.3. The fourth-order valence-corrected chi connectivity index (χ4v) is 7.65. The molecule has 0 saturated heterocycles. The van der Waals surface area contributed by atoms with Gasteiger partial charge < -0.3 is 15.0 Å². The van der Waals surface area contributed by atoms with E-state index in [1.54, 1.807) is 49.4 Å². The summed E-state index contributed by atoms with van der Waals surface area (Å²) in [5, 5.41) is 3.50. The van der Waals surface area contributed by atoms with Crippen LogP contribution >= 0.6 is 11.6 Å². The van der Waals surface area contributed by atoms with Crippen molar-refractivity contribution in [2.75, 3.05) is 17.5 Å². The molecule has 1 fully saturated rings. The summed E-state index contributed by atoms with van der Waals surface area (Å²) in [5.41, 5.74) is 1.14. The Bertz CT molecular complexity index is 1820. The molecule has 2 amide bonds. The maximum Gasteiger partial charge on any atom is 0.264 e. The summed E-state index contributed by atoms with van der Waals surface area (Å²) in [7, 11) is -4.38. The molecule has 0 spiro atoms. The number of nitrogens with one attached hydrogen (secondary N) is 1. The first-order chi connectivity index (χ1) is 23.7. The molecule has 49 heavy (non-hydrogen) atoms. The fraction of sp³-hybridized carbons (Fsp3) is 0.316. The van der Waals surface area contributed by atoms with Crippen molar-refractivity contribution in [2.24, 2.45) is 0 Å². The van der Waals surface area contributed by atoms with Crippen LogP contribution in [0.25, 0.3) is 0 Å². The summed E-state index contributed by atoms with van der Waals surface area (Å²) in [5.74, 6) is -1.35. The van der Waals surface area contributed by atoms with Crippen LogP contribution in [0.1, 0.15) is 50.2 Å². The number of rotatable bonds is 14. The van der Waals surface area contributed by atoms with Crippen LogP contribution in [0, 0.1) is 5.82 Å². The summed E-state index contributed by atoms with van der Waals surface area (Å²) in [6.45, 7) is 1.07. The molecule has 0 radical (unpaired) electrons. The number of carbonyl (C=O) groups excluding carboxylic acids is 2. The maximum absolute atomic E-state index is 15.2. The Balaban J connectivity index is 1.60. The highest BCUT2D eigenvalue weighted by Gasteiger charge is 2.36. The number of para-hydroxylation sites is 2. The number of benzene rings is 4. The second-order valence-electron chi connectivity index (χ2n) is 12.0. The van der Waals surface area contributed by atoms with Gasteiger partial charge in [0.05, 0.1) is 17.2 Å². The van der Waals surface area contributed by atoms with Gasteiger partial charge in [-0.3, -0.25) is 13.9 Å². The molecular formula is C38H41ClFN3O5S. The molecule has 5 rings (SSSR count). The van der Waals surface area contributed by atoms with Crippen LogP contribution in [-0.2, 0) is 32.6 Å². The van der Waals surface area contributed by atoms with E-state index in [-0.39, 0.29) is 53.4 Å². The van der Waals surface area contributed by atoms with E-state index in [0.717, 1.165) is 42.0 Å². The van der Waals surface area contributed by atoms with E-state index in [0.29, 0.717) is 5.02 Å². The summed E-state index contributed by atoms with van der Waals surface area (Å²) < 4.78 is 50.7. The van der Waals surface area contributed by atoms with E-state index in [1.807, 2.05) is 30.3 Å². The zero-order chi connectivity index (χ0) is 34.8. The van der Waals surface area contributed by atoms with Gasteiger partial charge in [-0.25, -0.2) is 12.8 Å². The third-order valence-electron chi connectivity index (χ3n) is 8.64. The second kappa shape index (κ2) is 16.8. The molecule has 11 heteroatoms. The number of sulfonamides is 1. The number of hydrogen-bond acceptors (Lipinski definition) is 5. The van der Waals surface area contributed by atoms with Crippen molar-refractivity contribution in [3.8, 4) is 5.75 Å². The third-order valence-corrected chi connectivity index (χ3v) is 10.7. The highest BCUT2D eigenvalue weighted by Crippen LogP contribution is 2.33. The Morgan fingerprint density at radius 1 is 0.898 bits per heavy atom. The Hall–Kier alpha value is -4.41. The number of carbonyl (C=O) groups is 2. The van der Waals surface area contributed by atoms with Gasteiger partial charge in [-0.1, -0.05) is 91.5 Å². The van der Waals surface area contributed by atoms with Crippen LogP contribution < -0.4 is 14.4 Å². The van der Waals surface area contributed by atoms with Crippen LogP contribution in [0.3, 0.4) is 0 Å².